The number of carbonyl (C=O) groups excluding carboxylic acids is 1. The summed E-state index contributed by atoms with van der Waals surface area (Å²) in [6, 6.07) is 0.717. The first-order valence-electron chi connectivity index (χ1n) is 5.91. The molecule has 94 valence electrons. The van der Waals surface area contributed by atoms with Gasteiger partial charge < -0.3 is 20.9 Å². The summed E-state index contributed by atoms with van der Waals surface area (Å²) in [5.41, 5.74) is 0. The summed E-state index contributed by atoms with van der Waals surface area (Å²) in [7, 11) is 4.03. The lowest BCUT2D eigenvalue weighted by Crippen LogP contribution is -2.59. The minimum Gasteiger partial charge on any atom is -0.353 e. The Morgan fingerprint density at radius 3 is 2.62 bits per heavy atom. The van der Waals surface area contributed by atoms with Gasteiger partial charge in [-0.3, -0.25) is 4.79 Å². The molecule has 1 saturated heterocycles. The van der Waals surface area contributed by atoms with Gasteiger partial charge >= 0.3 is 0 Å². The van der Waals surface area contributed by atoms with Crippen molar-refractivity contribution in [2.45, 2.75) is 32.0 Å². The number of carbonyl (C=O) groups is 1. The number of likely N-dealkylation sites (N-methyl/N-ethyl adjacent to an activating group) is 1. The summed E-state index contributed by atoms with van der Waals surface area (Å²) in [5.74, 6) is 0.0908. The van der Waals surface area contributed by atoms with Crippen molar-refractivity contribution < 1.29 is 4.79 Å². The van der Waals surface area contributed by atoms with Gasteiger partial charge in [0.25, 0.3) is 0 Å². The van der Waals surface area contributed by atoms with E-state index in [0.29, 0.717) is 25.2 Å². The summed E-state index contributed by atoms with van der Waals surface area (Å²) in [4.78, 5) is 13.9. The predicted octanol–water partition coefficient (Wildman–Crippen LogP) is -0.997. The molecule has 5 nitrogen and oxygen atoms in total. The fourth-order valence-electron chi connectivity index (χ4n) is 1.52. The zero-order chi connectivity index (χ0) is 12.1. The maximum atomic E-state index is 11.8. The molecule has 1 aliphatic rings. The Labute approximate surface area is 98.0 Å². The summed E-state index contributed by atoms with van der Waals surface area (Å²) >= 11 is 0. The van der Waals surface area contributed by atoms with Crippen LogP contribution in [0.4, 0.5) is 0 Å². The van der Waals surface area contributed by atoms with Crippen molar-refractivity contribution in [1.82, 2.24) is 20.9 Å². The van der Waals surface area contributed by atoms with E-state index in [-0.39, 0.29) is 11.9 Å². The highest BCUT2D eigenvalue weighted by Crippen LogP contribution is 1.94. The van der Waals surface area contributed by atoms with Crippen molar-refractivity contribution in [3.63, 3.8) is 0 Å². The Hall–Kier alpha value is -0.650. The molecule has 3 atom stereocenters. The van der Waals surface area contributed by atoms with Crippen molar-refractivity contribution in [3.05, 3.63) is 0 Å². The van der Waals surface area contributed by atoms with Gasteiger partial charge in [-0.2, -0.15) is 0 Å². The van der Waals surface area contributed by atoms with Crippen LogP contribution in [0.1, 0.15) is 13.8 Å². The minimum absolute atomic E-state index is 0.0908. The summed E-state index contributed by atoms with van der Waals surface area (Å²) < 4.78 is 0. The Kier molecular flexibility index (Phi) is 5.18. The Morgan fingerprint density at radius 1 is 1.44 bits per heavy atom. The van der Waals surface area contributed by atoms with Crippen LogP contribution in [0.25, 0.3) is 0 Å². The van der Waals surface area contributed by atoms with E-state index in [1.54, 1.807) is 0 Å². The van der Waals surface area contributed by atoms with E-state index in [9.17, 15) is 4.79 Å². The second-order valence-electron chi connectivity index (χ2n) is 4.83. The second kappa shape index (κ2) is 6.18. The van der Waals surface area contributed by atoms with Crippen molar-refractivity contribution in [2.24, 2.45) is 0 Å². The van der Waals surface area contributed by atoms with E-state index in [1.807, 2.05) is 14.1 Å². The normalized spacial score (nSPS) is 27.8. The van der Waals surface area contributed by atoms with Gasteiger partial charge in [0.15, 0.2) is 0 Å². The number of nitrogens with zero attached hydrogens (tertiary/aromatic N) is 1. The molecular weight excluding hydrogens is 204 g/mol. The molecular formula is C11H24N4O. The van der Waals surface area contributed by atoms with Gasteiger partial charge in [-0.15, -0.1) is 0 Å². The lowest BCUT2D eigenvalue weighted by Gasteiger charge is -2.29. The summed E-state index contributed by atoms with van der Waals surface area (Å²) in [6.07, 6.45) is 0. The first-order valence-corrected chi connectivity index (χ1v) is 5.91. The van der Waals surface area contributed by atoms with Gasteiger partial charge in [-0.05, 0) is 27.9 Å². The smallest absolute Gasteiger partial charge is 0.238 e. The van der Waals surface area contributed by atoms with Crippen LogP contribution in [0.2, 0.25) is 0 Å². The third-order valence-electron chi connectivity index (χ3n) is 3.11. The van der Waals surface area contributed by atoms with Crippen LogP contribution < -0.4 is 16.0 Å². The van der Waals surface area contributed by atoms with Crippen molar-refractivity contribution >= 4 is 5.91 Å². The highest BCUT2D eigenvalue weighted by atomic mass is 16.2. The Morgan fingerprint density at radius 2 is 2.12 bits per heavy atom. The average molecular weight is 228 g/mol. The summed E-state index contributed by atoms with van der Waals surface area (Å²) in [6.45, 7) is 6.45. The third-order valence-corrected chi connectivity index (χ3v) is 3.11. The van der Waals surface area contributed by atoms with Crippen LogP contribution >= 0.6 is 0 Å². The standard InChI is InChI=1S/C11H24N4O/c1-8-5-13-10(7-12-8)11(16)14-6-9(2)15(3)4/h8-10,12-13H,5-7H2,1-4H3,(H,14,16). The highest BCUT2D eigenvalue weighted by Gasteiger charge is 2.23. The largest absolute Gasteiger partial charge is 0.353 e. The second-order valence-corrected chi connectivity index (χ2v) is 4.83. The Balaban J connectivity index is 2.25. The van der Waals surface area contributed by atoms with Gasteiger partial charge in [0.1, 0.15) is 0 Å². The van der Waals surface area contributed by atoms with E-state index < -0.39 is 0 Å². The number of hydrogen-bond acceptors (Lipinski definition) is 4. The van der Waals surface area contributed by atoms with Gasteiger partial charge in [0, 0.05) is 31.7 Å². The molecule has 1 amide bonds. The molecule has 1 rings (SSSR count). The molecule has 0 aliphatic carbocycles. The third kappa shape index (κ3) is 4.08. The fourth-order valence-corrected chi connectivity index (χ4v) is 1.52. The molecule has 5 heteroatoms. The molecule has 1 fully saturated rings. The van der Waals surface area contributed by atoms with Crippen LogP contribution in [0.15, 0.2) is 0 Å². The zero-order valence-electron chi connectivity index (χ0n) is 10.7. The van der Waals surface area contributed by atoms with E-state index in [2.05, 4.69) is 34.7 Å². The van der Waals surface area contributed by atoms with Crippen LogP contribution in [-0.2, 0) is 4.79 Å². The number of piperazine rings is 1. The van der Waals surface area contributed by atoms with Gasteiger partial charge in [0.05, 0.1) is 6.04 Å². The molecule has 0 aromatic heterocycles. The van der Waals surface area contributed by atoms with Gasteiger partial charge in [-0.25, -0.2) is 0 Å². The average Bonchev–Trinajstić information content (AvgIpc) is 2.26. The molecule has 0 radical (unpaired) electrons. The molecule has 3 unspecified atom stereocenters. The van der Waals surface area contributed by atoms with E-state index >= 15 is 0 Å². The molecule has 1 heterocycles. The summed E-state index contributed by atoms with van der Waals surface area (Å²) in [5, 5.41) is 9.49. The maximum absolute atomic E-state index is 11.8. The lowest BCUT2D eigenvalue weighted by molar-refractivity contribution is -0.123. The minimum atomic E-state index is -0.0921. The molecule has 0 spiro atoms. The van der Waals surface area contributed by atoms with Gasteiger partial charge in [0.2, 0.25) is 5.91 Å². The van der Waals surface area contributed by atoms with E-state index in [0.717, 1.165) is 6.54 Å². The lowest BCUT2D eigenvalue weighted by atomic mass is 10.1. The quantitative estimate of drug-likeness (QED) is 0.578. The fraction of sp³-hybridized carbons (Fsp3) is 0.909. The number of nitrogens with one attached hydrogen (secondary N) is 3. The monoisotopic (exact) mass is 228 g/mol. The SMILES string of the molecule is CC1CNC(C(=O)NCC(C)N(C)C)CN1. The van der Waals surface area contributed by atoms with Crippen LogP contribution in [0.3, 0.4) is 0 Å². The Bertz CT molecular complexity index is 224. The van der Waals surface area contributed by atoms with Crippen LogP contribution in [0, 0.1) is 0 Å². The topological polar surface area (TPSA) is 56.4 Å². The van der Waals surface area contributed by atoms with Crippen molar-refractivity contribution in [2.75, 3.05) is 33.7 Å². The number of amides is 1. The molecule has 3 N–H and O–H groups in total. The van der Waals surface area contributed by atoms with E-state index in [1.165, 1.54) is 0 Å². The molecule has 0 bridgehead atoms. The molecule has 0 aromatic carbocycles. The van der Waals surface area contributed by atoms with Crippen molar-refractivity contribution in [1.29, 1.82) is 0 Å². The van der Waals surface area contributed by atoms with Crippen molar-refractivity contribution in [3.8, 4) is 0 Å². The zero-order valence-corrected chi connectivity index (χ0v) is 10.7. The van der Waals surface area contributed by atoms with Gasteiger partial charge in [-0.1, -0.05) is 0 Å². The first kappa shape index (κ1) is 13.4. The van der Waals surface area contributed by atoms with E-state index in [4.69, 9.17) is 0 Å². The molecule has 1 aliphatic heterocycles. The highest BCUT2D eigenvalue weighted by molar-refractivity contribution is 5.82. The van der Waals surface area contributed by atoms with Crippen LogP contribution in [-0.4, -0.2) is 62.7 Å². The molecule has 0 saturated carbocycles. The predicted molar refractivity (Wildman–Crippen MR) is 65.4 cm³/mol. The first-order chi connectivity index (χ1) is 7.50. The van der Waals surface area contributed by atoms with Crippen LogP contribution in [0.5, 0.6) is 0 Å². The molecule has 16 heavy (non-hydrogen) atoms. The maximum Gasteiger partial charge on any atom is 0.238 e. The number of hydrogen-bond donors (Lipinski definition) is 3. The number of rotatable bonds is 4. The molecule has 0 aromatic rings.